The maximum absolute atomic E-state index is 6.54. The third kappa shape index (κ3) is 4.58. The molecule has 1 aromatic rings. The van der Waals surface area contributed by atoms with Gasteiger partial charge in [0.05, 0.1) is 0 Å². The van der Waals surface area contributed by atoms with Gasteiger partial charge in [-0.1, -0.05) is 44.2 Å². The highest BCUT2D eigenvalue weighted by molar-refractivity contribution is 5.20. The fraction of sp³-hybridized carbons (Fsp3) is 0.647. The molecule has 20 heavy (non-hydrogen) atoms. The number of rotatable bonds is 8. The Morgan fingerprint density at radius 3 is 2.15 bits per heavy atom. The van der Waals surface area contributed by atoms with E-state index in [1.165, 1.54) is 5.56 Å². The molecule has 0 aliphatic carbocycles. The van der Waals surface area contributed by atoms with Crippen LogP contribution in [0, 0.1) is 0 Å². The van der Waals surface area contributed by atoms with Gasteiger partial charge in [-0.05, 0) is 39.5 Å². The lowest BCUT2D eigenvalue weighted by Crippen LogP contribution is -2.50. The molecule has 0 aliphatic rings. The lowest BCUT2D eigenvalue weighted by Gasteiger charge is -2.39. The molecule has 0 spiro atoms. The summed E-state index contributed by atoms with van der Waals surface area (Å²) < 4.78 is 0. The number of hydrogen-bond acceptors (Lipinski definition) is 3. The molecule has 2 N–H and O–H groups in total. The Balaban J connectivity index is 2.86. The number of benzene rings is 1. The van der Waals surface area contributed by atoms with E-state index in [0.717, 1.165) is 19.5 Å². The van der Waals surface area contributed by atoms with Gasteiger partial charge in [0.25, 0.3) is 0 Å². The van der Waals surface area contributed by atoms with E-state index in [4.69, 9.17) is 5.73 Å². The Bertz CT molecular complexity index is 364. The molecule has 0 saturated heterocycles. The zero-order valence-electron chi connectivity index (χ0n) is 13.7. The number of likely N-dealkylation sites (N-methyl/N-ethyl adjacent to an activating group) is 2. The Hall–Kier alpha value is -0.900. The van der Waals surface area contributed by atoms with Crippen LogP contribution in [0.1, 0.15) is 38.8 Å². The Morgan fingerprint density at radius 2 is 1.70 bits per heavy atom. The highest BCUT2D eigenvalue weighted by Crippen LogP contribution is 2.23. The molecule has 0 aliphatic heterocycles. The Kier molecular flexibility index (Phi) is 7.20. The van der Waals surface area contributed by atoms with Crippen molar-refractivity contribution in [2.75, 3.05) is 27.2 Å². The number of hydrogen-bond donors (Lipinski definition) is 1. The van der Waals surface area contributed by atoms with Crippen molar-refractivity contribution in [2.45, 2.75) is 45.3 Å². The van der Waals surface area contributed by atoms with Crippen LogP contribution in [0.15, 0.2) is 30.3 Å². The van der Waals surface area contributed by atoms with Crippen LogP contribution < -0.4 is 5.73 Å². The van der Waals surface area contributed by atoms with Gasteiger partial charge in [0.15, 0.2) is 0 Å². The molecule has 0 bridgehead atoms. The van der Waals surface area contributed by atoms with Crippen LogP contribution in [0.2, 0.25) is 0 Å². The van der Waals surface area contributed by atoms with E-state index in [-0.39, 0.29) is 6.04 Å². The summed E-state index contributed by atoms with van der Waals surface area (Å²) in [5, 5.41) is 0. The molecular formula is C17H31N3. The normalized spacial score (nSPS) is 16.4. The molecule has 3 unspecified atom stereocenters. The SMILES string of the molecule is CCC(C(N)c1ccccc1)N(CC)C(C)CN(C)C. The molecular weight excluding hydrogens is 246 g/mol. The summed E-state index contributed by atoms with van der Waals surface area (Å²) in [6.07, 6.45) is 1.07. The quantitative estimate of drug-likeness (QED) is 0.793. The van der Waals surface area contributed by atoms with Crippen LogP contribution in [0.4, 0.5) is 0 Å². The van der Waals surface area contributed by atoms with Gasteiger partial charge in [0.1, 0.15) is 0 Å². The van der Waals surface area contributed by atoms with Gasteiger partial charge in [-0.2, -0.15) is 0 Å². The lowest BCUT2D eigenvalue weighted by molar-refractivity contribution is 0.107. The first-order valence-corrected chi connectivity index (χ1v) is 7.72. The molecule has 0 saturated carbocycles. The molecule has 3 nitrogen and oxygen atoms in total. The summed E-state index contributed by atoms with van der Waals surface area (Å²) in [5.41, 5.74) is 7.77. The van der Waals surface area contributed by atoms with Crippen molar-refractivity contribution < 1.29 is 0 Å². The lowest BCUT2D eigenvalue weighted by atomic mass is 9.95. The predicted octanol–water partition coefficient (Wildman–Crippen LogP) is 2.74. The van der Waals surface area contributed by atoms with Crippen molar-refractivity contribution in [3.63, 3.8) is 0 Å². The van der Waals surface area contributed by atoms with Gasteiger partial charge < -0.3 is 10.6 Å². The van der Waals surface area contributed by atoms with Crippen molar-refractivity contribution in [1.29, 1.82) is 0 Å². The van der Waals surface area contributed by atoms with Gasteiger partial charge in [0.2, 0.25) is 0 Å². The fourth-order valence-electron chi connectivity index (χ4n) is 3.10. The summed E-state index contributed by atoms with van der Waals surface area (Å²) in [6, 6.07) is 11.4. The first kappa shape index (κ1) is 17.2. The highest BCUT2D eigenvalue weighted by Gasteiger charge is 2.27. The van der Waals surface area contributed by atoms with Gasteiger partial charge in [0, 0.05) is 24.7 Å². The maximum atomic E-state index is 6.54. The first-order valence-electron chi connectivity index (χ1n) is 7.72. The molecule has 0 heterocycles. The van der Waals surface area contributed by atoms with Crippen molar-refractivity contribution in [2.24, 2.45) is 5.73 Å². The third-order valence-electron chi connectivity index (χ3n) is 4.00. The minimum absolute atomic E-state index is 0.0748. The maximum Gasteiger partial charge on any atom is 0.0453 e. The second-order valence-corrected chi connectivity index (χ2v) is 5.85. The van der Waals surface area contributed by atoms with E-state index >= 15 is 0 Å². The molecule has 3 heteroatoms. The largest absolute Gasteiger partial charge is 0.323 e. The van der Waals surface area contributed by atoms with Crippen LogP contribution in [0.3, 0.4) is 0 Å². The molecule has 1 aromatic carbocycles. The summed E-state index contributed by atoms with van der Waals surface area (Å²) in [7, 11) is 4.25. The summed E-state index contributed by atoms with van der Waals surface area (Å²) >= 11 is 0. The van der Waals surface area contributed by atoms with E-state index in [1.807, 2.05) is 6.07 Å². The standard InChI is InChI=1S/C17H31N3/c1-6-16(17(18)15-11-9-8-10-12-15)20(7-2)14(3)13-19(4)5/h8-12,14,16-17H,6-7,13,18H2,1-5H3. The summed E-state index contributed by atoms with van der Waals surface area (Å²) in [4.78, 5) is 4.78. The molecule has 0 aromatic heterocycles. The second kappa shape index (κ2) is 8.40. The highest BCUT2D eigenvalue weighted by atomic mass is 15.2. The minimum Gasteiger partial charge on any atom is -0.323 e. The monoisotopic (exact) mass is 277 g/mol. The van der Waals surface area contributed by atoms with Crippen LogP contribution in [-0.4, -0.2) is 49.1 Å². The molecule has 114 valence electrons. The Morgan fingerprint density at radius 1 is 1.10 bits per heavy atom. The number of nitrogens with zero attached hydrogens (tertiary/aromatic N) is 2. The average Bonchev–Trinajstić information content (AvgIpc) is 2.43. The third-order valence-corrected chi connectivity index (χ3v) is 4.00. The van der Waals surface area contributed by atoms with Gasteiger partial charge in [-0.25, -0.2) is 0 Å². The van der Waals surface area contributed by atoms with Gasteiger partial charge >= 0.3 is 0 Å². The summed E-state index contributed by atoms with van der Waals surface area (Å²) in [5.74, 6) is 0. The summed E-state index contributed by atoms with van der Waals surface area (Å²) in [6.45, 7) is 8.86. The molecule has 0 amide bonds. The van der Waals surface area contributed by atoms with Gasteiger partial charge in [-0.3, -0.25) is 4.90 Å². The zero-order valence-corrected chi connectivity index (χ0v) is 13.7. The smallest absolute Gasteiger partial charge is 0.0453 e. The molecule has 0 radical (unpaired) electrons. The van der Waals surface area contributed by atoms with E-state index < -0.39 is 0 Å². The van der Waals surface area contributed by atoms with Crippen LogP contribution in [0.5, 0.6) is 0 Å². The molecule has 0 fully saturated rings. The van der Waals surface area contributed by atoms with E-state index in [1.54, 1.807) is 0 Å². The van der Waals surface area contributed by atoms with Gasteiger partial charge in [-0.15, -0.1) is 0 Å². The van der Waals surface area contributed by atoms with E-state index in [0.29, 0.717) is 12.1 Å². The van der Waals surface area contributed by atoms with Crippen LogP contribution >= 0.6 is 0 Å². The van der Waals surface area contributed by atoms with Crippen molar-refractivity contribution in [1.82, 2.24) is 9.80 Å². The van der Waals surface area contributed by atoms with Crippen molar-refractivity contribution in [3.05, 3.63) is 35.9 Å². The van der Waals surface area contributed by atoms with Crippen LogP contribution in [-0.2, 0) is 0 Å². The zero-order chi connectivity index (χ0) is 15.1. The predicted molar refractivity (Wildman–Crippen MR) is 87.8 cm³/mol. The fourth-order valence-corrected chi connectivity index (χ4v) is 3.10. The Labute approximate surface area is 124 Å². The minimum atomic E-state index is 0.0748. The van der Waals surface area contributed by atoms with Crippen LogP contribution in [0.25, 0.3) is 0 Å². The average molecular weight is 277 g/mol. The molecule has 3 atom stereocenters. The number of nitrogens with two attached hydrogens (primary N) is 1. The first-order chi connectivity index (χ1) is 9.51. The van der Waals surface area contributed by atoms with Crippen molar-refractivity contribution >= 4 is 0 Å². The van der Waals surface area contributed by atoms with E-state index in [9.17, 15) is 0 Å². The van der Waals surface area contributed by atoms with Crippen molar-refractivity contribution in [3.8, 4) is 0 Å². The molecule has 1 rings (SSSR count). The second-order valence-electron chi connectivity index (χ2n) is 5.85. The topological polar surface area (TPSA) is 32.5 Å². The van der Waals surface area contributed by atoms with E-state index in [2.05, 4.69) is 68.9 Å².